The monoisotopic (exact) mass is 237 g/mol. The lowest BCUT2D eigenvalue weighted by Crippen LogP contribution is -2.24. The van der Waals surface area contributed by atoms with E-state index in [-0.39, 0.29) is 0 Å². The van der Waals surface area contributed by atoms with Crippen molar-refractivity contribution in [2.45, 2.75) is 26.9 Å². The molecule has 0 radical (unpaired) electrons. The zero-order valence-electron chi connectivity index (χ0n) is 9.98. The number of hydrogen-bond acceptors (Lipinski definition) is 3. The van der Waals surface area contributed by atoms with E-state index in [1.807, 2.05) is 0 Å². The molecule has 1 aromatic carbocycles. The van der Waals surface area contributed by atoms with Crippen LogP contribution in [0.3, 0.4) is 0 Å². The molecule has 0 aliphatic rings. The SMILES string of the molecule is Cc1cc(C(N)=O)cc(C)c1O[C@H](C)C(=O)O. The lowest BCUT2D eigenvalue weighted by atomic mass is 10.1. The van der Waals surface area contributed by atoms with Gasteiger partial charge >= 0.3 is 5.97 Å². The van der Waals surface area contributed by atoms with Crippen LogP contribution in [0, 0.1) is 13.8 Å². The lowest BCUT2D eigenvalue weighted by Gasteiger charge is -2.16. The number of nitrogens with two attached hydrogens (primary N) is 1. The maximum Gasteiger partial charge on any atom is 0.344 e. The van der Waals surface area contributed by atoms with Gasteiger partial charge in [0.05, 0.1) is 0 Å². The topological polar surface area (TPSA) is 89.6 Å². The lowest BCUT2D eigenvalue weighted by molar-refractivity contribution is -0.144. The number of amides is 1. The van der Waals surface area contributed by atoms with Crippen molar-refractivity contribution in [1.29, 1.82) is 0 Å². The summed E-state index contributed by atoms with van der Waals surface area (Å²) in [7, 11) is 0. The van der Waals surface area contributed by atoms with Crippen molar-refractivity contribution in [3.63, 3.8) is 0 Å². The third-order valence-electron chi connectivity index (χ3n) is 2.39. The molecule has 3 N–H and O–H groups in total. The Labute approximate surface area is 99.2 Å². The number of carbonyl (C=O) groups is 2. The van der Waals surface area contributed by atoms with Gasteiger partial charge in [-0.25, -0.2) is 4.79 Å². The summed E-state index contributed by atoms with van der Waals surface area (Å²) < 4.78 is 5.32. The van der Waals surface area contributed by atoms with Crippen LogP contribution in [0.5, 0.6) is 5.75 Å². The van der Waals surface area contributed by atoms with Gasteiger partial charge < -0.3 is 15.6 Å². The average molecular weight is 237 g/mol. The average Bonchev–Trinajstić information content (AvgIpc) is 2.22. The van der Waals surface area contributed by atoms with Crippen LogP contribution in [0.25, 0.3) is 0 Å². The summed E-state index contributed by atoms with van der Waals surface area (Å²) in [5, 5.41) is 8.77. The van der Waals surface area contributed by atoms with Gasteiger partial charge in [0.15, 0.2) is 6.10 Å². The third-order valence-corrected chi connectivity index (χ3v) is 2.39. The van der Waals surface area contributed by atoms with Crippen LogP contribution in [-0.4, -0.2) is 23.1 Å². The molecule has 0 heterocycles. The Balaban J connectivity index is 3.10. The molecule has 0 aliphatic heterocycles. The molecular formula is C12H15NO4. The fourth-order valence-electron chi connectivity index (χ4n) is 1.51. The molecule has 92 valence electrons. The standard InChI is InChI=1S/C12H15NO4/c1-6-4-9(11(13)14)5-7(2)10(6)17-8(3)12(15)16/h4-5,8H,1-3H3,(H2,13,14)(H,15,16)/t8-/m1/s1. The van der Waals surface area contributed by atoms with Gasteiger partial charge in [-0.2, -0.15) is 0 Å². The maximum absolute atomic E-state index is 11.0. The molecule has 1 amide bonds. The smallest absolute Gasteiger partial charge is 0.344 e. The van der Waals surface area contributed by atoms with Crippen LogP contribution in [0.4, 0.5) is 0 Å². The molecular weight excluding hydrogens is 222 g/mol. The number of aliphatic carboxylic acids is 1. The van der Waals surface area contributed by atoms with Crippen molar-refractivity contribution in [2.75, 3.05) is 0 Å². The van der Waals surface area contributed by atoms with Crippen LogP contribution >= 0.6 is 0 Å². The van der Waals surface area contributed by atoms with Gasteiger partial charge in [0, 0.05) is 5.56 Å². The Morgan fingerprint density at radius 3 is 2.12 bits per heavy atom. The molecule has 1 rings (SSSR count). The second-order valence-corrected chi connectivity index (χ2v) is 3.90. The summed E-state index contributed by atoms with van der Waals surface area (Å²) in [6.45, 7) is 4.93. The highest BCUT2D eigenvalue weighted by molar-refractivity contribution is 5.93. The van der Waals surface area contributed by atoms with Gasteiger partial charge in [-0.15, -0.1) is 0 Å². The van der Waals surface area contributed by atoms with Crippen molar-refractivity contribution >= 4 is 11.9 Å². The van der Waals surface area contributed by atoms with Crippen LogP contribution in [0.2, 0.25) is 0 Å². The van der Waals surface area contributed by atoms with E-state index >= 15 is 0 Å². The molecule has 5 heteroatoms. The number of ether oxygens (including phenoxy) is 1. The van der Waals surface area contributed by atoms with Gasteiger partial charge in [-0.1, -0.05) is 0 Å². The van der Waals surface area contributed by atoms with Crippen molar-refractivity contribution < 1.29 is 19.4 Å². The number of primary amides is 1. The predicted molar refractivity (Wildman–Crippen MR) is 62.2 cm³/mol. The molecule has 5 nitrogen and oxygen atoms in total. The first-order valence-corrected chi connectivity index (χ1v) is 5.13. The van der Waals surface area contributed by atoms with Crippen molar-refractivity contribution in [1.82, 2.24) is 0 Å². The minimum atomic E-state index is -1.04. The van der Waals surface area contributed by atoms with E-state index in [9.17, 15) is 9.59 Å². The van der Waals surface area contributed by atoms with E-state index < -0.39 is 18.0 Å². The number of aryl methyl sites for hydroxylation is 2. The van der Waals surface area contributed by atoms with Gasteiger partial charge in [-0.05, 0) is 44.0 Å². The summed E-state index contributed by atoms with van der Waals surface area (Å²) in [5.41, 5.74) is 6.94. The Morgan fingerprint density at radius 2 is 1.76 bits per heavy atom. The van der Waals surface area contributed by atoms with Crippen LogP contribution in [0.15, 0.2) is 12.1 Å². The van der Waals surface area contributed by atoms with Crippen LogP contribution in [0.1, 0.15) is 28.4 Å². The summed E-state index contributed by atoms with van der Waals surface area (Å²) in [5.74, 6) is -1.08. The van der Waals surface area contributed by atoms with Gasteiger partial charge in [0.2, 0.25) is 5.91 Å². The van der Waals surface area contributed by atoms with Crippen molar-refractivity contribution in [3.05, 3.63) is 28.8 Å². The van der Waals surface area contributed by atoms with Crippen LogP contribution in [-0.2, 0) is 4.79 Å². The molecule has 0 unspecified atom stereocenters. The molecule has 0 bridgehead atoms. The highest BCUT2D eigenvalue weighted by atomic mass is 16.5. The third kappa shape index (κ3) is 2.96. The second kappa shape index (κ2) is 4.86. The Morgan fingerprint density at radius 1 is 1.29 bits per heavy atom. The largest absolute Gasteiger partial charge is 0.479 e. The Hall–Kier alpha value is -2.04. The number of rotatable bonds is 4. The first kappa shape index (κ1) is 13.0. The summed E-state index contributed by atoms with van der Waals surface area (Å²) in [6, 6.07) is 3.17. The molecule has 1 aromatic rings. The number of carbonyl (C=O) groups excluding carboxylic acids is 1. The molecule has 0 saturated carbocycles. The maximum atomic E-state index is 11.0. The van der Waals surface area contributed by atoms with Crippen molar-refractivity contribution in [2.24, 2.45) is 5.73 Å². The zero-order valence-corrected chi connectivity index (χ0v) is 9.98. The highest BCUT2D eigenvalue weighted by Crippen LogP contribution is 2.25. The van der Waals surface area contributed by atoms with Gasteiger partial charge in [0.1, 0.15) is 5.75 Å². The fraction of sp³-hybridized carbons (Fsp3) is 0.333. The van der Waals surface area contributed by atoms with Gasteiger partial charge in [-0.3, -0.25) is 4.79 Å². The molecule has 0 saturated heterocycles. The zero-order chi connectivity index (χ0) is 13.2. The first-order valence-electron chi connectivity index (χ1n) is 5.13. The number of benzene rings is 1. The second-order valence-electron chi connectivity index (χ2n) is 3.90. The van der Waals surface area contributed by atoms with E-state index in [1.54, 1.807) is 26.0 Å². The van der Waals surface area contributed by atoms with Crippen LogP contribution < -0.4 is 10.5 Å². The molecule has 0 aliphatic carbocycles. The van der Waals surface area contributed by atoms with E-state index in [0.29, 0.717) is 22.4 Å². The summed E-state index contributed by atoms with van der Waals surface area (Å²) >= 11 is 0. The molecule has 17 heavy (non-hydrogen) atoms. The fourth-order valence-corrected chi connectivity index (χ4v) is 1.51. The van der Waals surface area contributed by atoms with E-state index in [1.165, 1.54) is 6.92 Å². The molecule has 1 atom stereocenters. The summed E-state index contributed by atoms with van der Waals surface area (Å²) in [6.07, 6.45) is -0.938. The number of carboxylic acid groups (broad SMARTS) is 1. The Kier molecular flexibility index (Phi) is 3.73. The Bertz CT molecular complexity index is 445. The summed E-state index contributed by atoms with van der Waals surface area (Å²) in [4.78, 5) is 21.7. The minimum absolute atomic E-state index is 0.385. The van der Waals surface area contributed by atoms with E-state index in [0.717, 1.165) is 0 Å². The van der Waals surface area contributed by atoms with Crippen molar-refractivity contribution in [3.8, 4) is 5.75 Å². The quantitative estimate of drug-likeness (QED) is 0.824. The highest BCUT2D eigenvalue weighted by Gasteiger charge is 2.16. The molecule has 0 aromatic heterocycles. The van der Waals surface area contributed by atoms with Gasteiger partial charge in [0.25, 0.3) is 0 Å². The molecule has 0 fully saturated rings. The van der Waals surface area contributed by atoms with E-state index in [4.69, 9.17) is 15.6 Å². The molecule has 0 spiro atoms. The van der Waals surface area contributed by atoms with E-state index in [2.05, 4.69) is 0 Å². The minimum Gasteiger partial charge on any atom is -0.479 e. The number of hydrogen-bond donors (Lipinski definition) is 2. The number of carboxylic acids is 1. The first-order chi connectivity index (χ1) is 7.82. The normalized spacial score (nSPS) is 11.9. The predicted octanol–water partition coefficient (Wildman–Crippen LogP) is 1.25.